The summed E-state index contributed by atoms with van der Waals surface area (Å²) in [6.45, 7) is 7.94. The molecule has 0 aromatic rings. The van der Waals surface area contributed by atoms with Gasteiger partial charge in [-0.2, -0.15) is 0 Å². The number of nitrogens with one attached hydrogen (secondary N) is 2. The maximum atomic E-state index is 12.6. The zero-order chi connectivity index (χ0) is 14.1. The van der Waals surface area contributed by atoms with E-state index in [0.717, 1.165) is 26.1 Å². The van der Waals surface area contributed by atoms with Crippen molar-refractivity contribution in [3.05, 3.63) is 0 Å². The van der Waals surface area contributed by atoms with Crippen molar-refractivity contribution in [3.8, 4) is 0 Å². The van der Waals surface area contributed by atoms with Crippen molar-refractivity contribution in [2.45, 2.75) is 25.8 Å². The maximum absolute atomic E-state index is 12.6. The Morgan fingerprint density at radius 3 is 2.95 bits per heavy atom. The molecule has 2 rings (SSSR count). The zero-order valence-electron chi connectivity index (χ0n) is 12.6. The molecule has 2 heterocycles. The number of carbonyl (C=O) groups excluding carboxylic acids is 1. The molecule has 0 aromatic heterocycles. The first-order valence-electron chi connectivity index (χ1n) is 7.13. The van der Waals surface area contributed by atoms with Crippen LogP contribution in [0.25, 0.3) is 0 Å². The molecule has 0 aromatic carbocycles. The summed E-state index contributed by atoms with van der Waals surface area (Å²) in [4.78, 5) is 14.8. The van der Waals surface area contributed by atoms with Gasteiger partial charge in [0.05, 0.1) is 12.0 Å². The van der Waals surface area contributed by atoms with E-state index in [2.05, 4.69) is 29.4 Å². The lowest BCUT2D eigenvalue weighted by Crippen LogP contribution is -2.56. The Morgan fingerprint density at radius 2 is 2.26 bits per heavy atom. The second kappa shape index (κ2) is 5.38. The summed E-state index contributed by atoms with van der Waals surface area (Å²) in [5.41, 5.74) is -0.385. The van der Waals surface area contributed by atoms with Crippen molar-refractivity contribution in [1.82, 2.24) is 15.5 Å². The van der Waals surface area contributed by atoms with Gasteiger partial charge in [-0.3, -0.25) is 4.79 Å². The zero-order valence-corrected chi connectivity index (χ0v) is 12.6. The quantitative estimate of drug-likeness (QED) is 0.758. The predicted octanol–water partition coefficient (Wildman–Crippen LogP) is 0.0689. The number of nitrogens with zero attached hydrogens (tertiary/aromatic N) is 1. The fourth-order valence-corrected chi connectivity index (χ4v) is 2.80. The van der Waals surface area contributed by atoms with E-state index in [0.29, 0.717) is 19.1 Å². The van der Waals surface area contributed by atoms with Crippen LogP contribution in [0.2, 0.25) is 0 Å². The lowest BCUT2D eigenvalue weighted by molar-refractivity contribution is -0.141. The Hall–Kier alpha value is -0.650. The Morgan fingerprint density at radius 1 is 1.53 bits per heavy atom. The fourth-order valence-electron chi connectivity index (χ4n) is 2.80. The Labute approximate surface area is 116 Å². The molecule has 2 atom stereocenters. The topological polar surface area (TPSA) is 53.6 Å². The molecule has 2 aliphatic rings. The van der Waals surface area contributed by atoms with Gasteiger partial charge in [-0.1, -0.05) is 0 Å². The average Bonchev–Trinajstić information content (AvgIpc) is 2.80. The van der Waals surface area contributed by atoms with Crippen LogP contribution in [0.4, 0.5) is 0 Å². The standard InChI is InChI=1S/C14H27N3O2/c1-13(2,17(3)4)8-16-12(18)14-9-15-7-11(14)5-6-19-10-14/h11,15H,5-10H2,1-4H3,(H,16,18)/t11-,14+/m1/s1. The van der Waals surface area contributed by atoms with E-state index in [9.17, 15) is 4.79 Å². The first kappa shape index (κ1) is 14.8. The third-order valence-electron chi connectivity index (χ3n) is 4.93. The van der Waals surface area contributed by atoms with E-state index in [1.54, 1.807) is 0 Å². The Balaban J connectivity index is 1.99. The molecule has 2 N–H and O–H groups in total. The van der Waals surface area contributed by atoms with Gasteiger partial charge < -0.3 is 20.3 Å². The molecule has 5 nitrogen and oxygen atoms in total. The average molecular weight is 269 g/mol. The number of hydrogen-bond acceptors (Lipinski definition) is 4. The van der Waals surface area contributed by atoms with E-state index in [-0.39, 0.29) is 16.9 Å². The first-order valence-corrected chi connectivity index (χ1v) is 7.13. The van der Waals surface area contributed by atoms with Gasteiger partial charge in [-0.05, 0) is 46.8 Å². The van der Waals surface area contributed by atoms with Crippen LogP contribution >= 0.6 is 0 Å². The van der Waals surface area contributed by atoms with E-state index in [4.69, 9.17) is 4.74 Å². The van der Waals surface area contributed by atoms with Crippen LogP contribution in [0, 0.1) is 11.3 Å². The van der Waals surface area contributed by atoms with E-state index >= 15 is 0 Å². The van der Waals surface area contributed by atoms with E-state index < -0.39 is 0 Å². The second-order valence-corrected chi connectivity index (χ2v) is 6.71. The summed E-state index contributed by atoms with van der Waals surface area (Å²) in [7, 11) is 4.07. The van der Waals surface area contributed by atoms with Crippen molar-refractivity contribution < 1.29 is 9.53 Å². The minimum absolute atomic E-state index is 0.0383. The molecule has 2 aliphatic heterocycles. The van der Waals surface area contributed by atoms with Crippen LogP contribution in [0.5, 0.6) is 0 Å². The lowest BCUT2D eigenvalue weighted by Gasteiger charge is -2.39. The summed E-state index contributed by atoms with van der Waals surface area (Å²) in [6.07, 6.45) is 0.984. The molecule has 0 radical (unpaired) electrons. The summed E-state index contributed by atoms with van der Waals surface area (Å²) in [5, 5.41) is 6.49. The van der Waals surface area contributed by atoms with Crippen molar-refractivity contribution in [2.75, 3.05) is 46.9 Å². The van der Waals surface area contributed by atoms with Gasteiger partial charge in [0.2, 0.25) is 5.91 Å². The van der Waals surface area contributed by atoms with Crippen LogP contribution in [0.1, 0.15) is 20.3 Å². The highest BCUT2D eigenvalue weighted by Gasteiger charge is 2.51. The molecular weight excluding hydrogens is 242 g/mol. The van der Waals surface area contributed by atoms with Crippen LogP contribution in [0.3, 0.4) is 0 Å². The number of amides is 1. The Bertz CT molecular complexity index is 344. The van der Waals surface area contributed by atoms with Crippen LogP contribution < -0.4 is 10.6 Å². The molecule has 5 heteroatoms. The molecule has 0 aliphatic carbocycles. The van der Waals surface area contributed by atoms with Crippen molar-refractivity contribution in [1.29, 1.82) is 0 Å². The summed E-state index contributed by atoms with van der Waals surface area (Å²) in [6, 6.07) is 0. The molecule has 0 spiro atoms. The second-order valence-electron chi connectivity index (χ2n) is 6.71. The third kappa shape index (κ3) is 2.78. The van der Waals surface area contributed by atoms with Gasteiger partial charge in [0.25, 0.3) is 0 Å². The first-order chi connectivity index (χ1) is 8.88. The number of ether oxygens (including phenoxy) is 1. The number of rotatable bonds is 4. The van der Waals surface area contributed by atoms with Crippen molar-refractivity contribution in [2.24, 2.45) is 11.3 Å². The van der Waals surface area contributed by atoms with Gasteiger partial charge in [0.15, 0.2) is 0 Å². The van der Waals surface area contributed by atoms with Crippen molar-refractivity contribution >= 4 is 5.91 Å². The molecule has 0 saturated carbocycles. The summed E-state index contributed by atoms with van der Waals surface area (Å²) < 4.78 is 5.58. The normalized spacial score (nSPS) is 31.3. The predicted molar refractivity (Wildman–Crippen MR) is 75.0 cm³/mol. The summed E-state index contributed by atoms with van der Waals surface area (Å²) in [5.74, 6) is 0.570. The molecule has 19 heavy (non-hydrogen) atoms. The monoisotopic (exact) mass is 269 g/mol. The maximum Gasteiger partial charge on any atom is 0.230 e. The number of carbonyl (C=O) groups is 1. The highest BCUT2D eigenvalue weighted by Crippen LogP contribution is 2.37. The van der Waals surface area contributed by atoms with E-state index in [1.165, 1.54) is 0 Å². The molecule has 0 bridgehead atoms. The summed E-state index contributed by atoms with van der Waals surface area (Å²) >= 11 is 0. The van der Waals surface area contributed by atoms with Gasteiger partial charge in [0.1, 0.15) is 0 Å². The van der Waals surface area contributed by atoms with Crippen LogP contribution in [-0.2, 0) is 9.53 Å². The van der Waals surface area contributed by atoms with Gasteiger partial charge in [-0.25, -0.2) is 0 Å². The third-order valence-corrected chi connectivity index (χ3v) is 4.93. The van der Waals surface area contributed by atoms with Gasteiger partial charge >= 0.3 is 0 Å². The van der Waals surface area contributed by atoms with Crippen LogP contribution in [-0.4, -0.2) is 63.3 Å². The highest BCUT2D eigenvalue weighted by atomic mass is 16.5. The molecular formula is C14H27N3O2. The van der Waals surface area contributed by atoms with Crippen LogP contribution in [0.15, 0.2) is 0 Å². The molecule has 0 unspecified atom stereocenters. The molecule has 2 fully saturated rings. The number of hydrogen-bond donors (Lipinski definition) is 2. The fraction of sp³-hybridized carbons (Fsp3) is 0.929. The van der Waals surface area contributed by atoms with E-state index in [1.807, 2.05) is 14.1 Å². The SMILES string of the molecule is CN(C)C(C)(C)CNC(=O)[C@]12CNC[C@H]1CCOC2. The lowest BCUT2D eigenvalue weighted by atomic mass is 9.74. The molecule has 2 saturated heterocycles. The highest BCUT2D eigenvalue weighted by molar-refractivity contribution is 5.84. The van der Waals surface area contributed by atoms with Gasteiger partial charge in [-0.15, -0.1) is 0 Å². The minimum atomic E-state index is -0.347. The number of likely N-dealkylation sites (N-methyl/N-ethyl adjacent to an activating group) is 1. The largest absolute Gasteiger partial charge is 0.380 e. The Kier molecular flexibility index (Phi) is 4.18. The van der Waals surface area contributed by atoms with Gasteiger partial charge in [0, 0.05) is 25.2 Å². The minimum Gasteiger partial charge on any atom is -0.380 e. The smallest absolute Gasteiger partial charge is 0.230 e. The molecule has 110 valence electrons. The molecule has 1 amide bonds. The number of fused-ring (bicyclic) bond motifs is 1. The van der Waals surface area contributed by atoms with Crippen molar-refractivity contribution in [3.63, 3.8) is 0 Å².